The molecule has 1 unspecified atom stereocenters. The minimum absolute atomic E-state index is 0.0816. The molecule has 0 aliphatic rings. The van der Waals surface area contributed by atoms with Gasteiger partial charge in [-0.05, 0) is 24.3 Å². The van der Waals surface area contributed by atoms with E-state index < -0.39 is 0 Å². The van der Waals surface area contributed by atoms with Crippen molar-refractivity contribution in [2.45, 2.75) is 40.0 Å². The van der Waals surface area contributed by atoms with Crippen LogP contribution in [0.15, 0.2) is 24.3 Å². The van der Waals surface area contributed by atoms with Crippen LogP contribution in [0.25, 0.3) is 0 Å². The number of halogens is 1. The maximum absolute atomic E-state index is 6.58. The maximum atomic E-state index is 6.58. The third kappa shape index (κ3) is 6.44. The lowest BCUT2D eigenvalue weighted by Gasteiger charge is -2.28. The van der Waals surface area contributed by atoms with E-state index in [-0.39, 0.29) is 5.38 Å². The topological polar surface area (TPSA) is 3.24 Å². The molecule has 0 aliphatic heterocycles. The van der Waals surface area contributed by atoms with Gasteiger partial charge in [0.2, 0.25) is 0 Å². The van der Waals surface area contributed by atoms with E-state index >= 15 is 0 Å². The smallest absolute Gasteiger partial charge is 0.0712 e. The number of benzene rings is 1. The molecule has 0 aromatic heterocycles. The second-order valence-electron chi connectivity index (χ2n) is 6.38. The van der Waals surface area contributed by atoms with Crippen molar-refractivity contribution in [1.29, 1.82) is 0 Å². The zero-order valence-electron chi connectivity index (χ0n) is 13.0. The van der Waals surface area contributed by atoms with Crippen molar-refractivity contribution >= 4 is 11.6 Å². The predicted octanol–water partition coefficient (Wildman–Crippen LogP) is 4.89. The van der Waals surface area contributed by atoms with Crippen LogP contribution < -0.4 is 0 Å². The number of hydrogen-bond acceptors (Lipinski definition) is 1. The Labute approximate surface area is 124 Å². The van der Waals surface area contributed by atoms with Crippen molar-refractivity contribution in [2.75, 3.05) is 19.6 Å². The molecule has 2 heteroatoms. The van der Waals surface area contributed by atoms with Gasteiger partial charge in [0.1, 0.15) is 0 Å². The Kier molecular flexibility index (Phi) is 6.88. The van der Waals surface area contributed by atoms with E-state index in [1.165, 1.54) is 11.1 Å². The number of alkyl halides is 1. The number of rotatable bonds is 7. The predicted molar refractivity (Wildman–Crippen MR) is 85.9 cm³/mol. The van der Waals surface area contributed by atoms with Crippen molar-refractivity contribution in [1.82, 2.24) is 4.90 Å². The van der Waals surface area contributed by atoms with Gasteiger partial charge in [-0.2, -0.15) is 0 Å². The summed E-state index contributed by atoms with van der Waals surface area (Å²) in [5, 5.41) is 0.0816. The summed E-state index contributed by atoms with van der Waals surface area (Å²) in [6, 6.07) is 8.58. The van der Waals surface area contributed by atoms with E-state index in [1.54, 1.807) is 0 Å². The van der Waals surface area contributed by atoms with E-state index in [0.29, 0.717) is 11.8 Å². The zero-order chi connectivity index (χ0) is 14.4. The molecule has 1 aromatic rings. The van der Waals surface area contributed by atoms with Gasteiger partial charge in [0.15, 0.2) is 0 Å². The summed E-state index contributed by atoms with van der Waals surface area (Å²) in [6.07, 6.45) is 0. The number of aryl methyl sites for hydroxylation is 1. The Balaban J connectivity index is 2.63. The van der Waals surface area contributed by atoms with E-state index in [4.69, 9.17) is 11.6 Å². The van der Waals surface area contributed by atoms with Gasteiger partial charge in [-0.1, -0.05) is 57.5 Å². The molecule has 0 N–H and O–H groups in total. The normalized spacial score (nSPS) is 13.5. The van der Waals surface area contributed by atoms with Crippen LogP contribution in [-0.4, -0.2) is 24.5 Å². The molecule has 108 valence electrons. The second-order valence-corrected chi connectivity index (χ2v) is 6.91. The highest BCUT2D eigenvalue weighted by molar-refractivity contribution is 6.21. The van der Waals surface area contributed by atoms with Crippen molar-refractivity contribution in [2.24, 2.45) is 11.8 Å². The van der Waals surface area contributed by atoms with Gasteiger partial charge in [0.05, 0.1) is 5.38 Å². The molecule has 0 aliphatic carbocycles. The number of nitrogens with zero attached hydrogens (tertiary/aromatic N) is 1. The van der Waals surface area contributed by atoms with Crippen molar-refractivity contribution < 1.29 is 0 Å². The van der Waals surface area contributed by atoms with E-state index in [1.807, 2.05) is 0 Å². The molecule has 0 bridgehead atoms. The molecule has 0 saturated carbocycles. The summed E-state index contributed by atoms with van der Waals surface area (Å²) >= 11 is 6.58. The molecule has 0 amide bonds. The lowest BCUT2D eigenvalue weighted by molar-refractivity contribution is 0.219. The Hall–Kier alpha value is -0.530. The van der Waals surface area contributed by atoms with Gasteiger partial charge in [0.25, 0.3) is 0 Å². The SMILES string of the molecule is Cc1ccc(C(Cl)CN(CC(C)C)CC(C)C)cc1. The van der Waals surface area contributed by atoms with Gasteiger partial charge < -0.3 is 4.90 Å². The molecular formula is C17H28ClN. The quantitative estimate of drug-likeness (QED) is 0.643. The fourth-order valence-electron chi connectivity index (χ4n) is 2.36. The van der Waals surface area contributed by atoms with Crippen LogP contribution in [0.1, 0.15) is 44.2 Å². The summed E-state index contributed by atoms with van der Waals surface area (Å²) < 4.78 is 0. The highest BCUT2D eigenvalue weighted by Gasteiger charge is 2.15. The molecule has 19 heavy (non-hydrogen) atoms. The lowest BCUT2D eigenvalue weighted by Crippen LogP contribution is -2.34. The van der Waals surface area contributed by atoms with Gasteiger partial charge in [-0.15, -0.1) is 11.6 Å². The van der Waals surface area contributed by atoms with Crippen LogP contribution in [0.4, 0.5) is 0 Å². The molecule has 1 aromatic carbocycles. The van der Waals surface area contributed by atoms with Crippen LogP contribution in [0.2, 0.25) is 0 Å². The van der Waals surface area contributed by atoms with Gasteiger partial charge >= 0.3 is 0 Å². The van der Waals surface area contributed by atoms with Gasteiger partial charge in [-0.3, -0.25) is 0 Å². The highest BCUT2D eigenvalue weighted by atomic mass is 35.5. The summed E-state index contributed by atoms with van der Waals surface area (Å²) in [7, 11) is 0. The van der Waals surface area contributed by atoms with Gasteiger partial charge in [0, 0.05) is 19.6 Å². The number of hydrogen-bond donors (Lipinski definition) is 0. The molecule has 0 spiro atoms. The summed E-state index contributed by atoms with van der Waals surface area (Å²) in [5.41, 5.74) is 2.51. The van der Waals surface area contributed by atoms with Crippen LogP contribution in [0, 0.1) is 18.8 Å². The molecule has 0 saturated heterocycles. The Bertz CT molecular complexity index is 346. The average Bonchev–Trinajstić information content (AvgIpc) is 2.27. The summed E-state index contributed by atoms with van der Waals surface area (Å²) in [5.74, 6) is 1.36. The molecule has 1 nitrogen and oxygen atoms in total. The molecule has 1 atom stereocenters. The van der Waals surface area contributed by atoms with Gasteiger partial charge in [-0.25, -0.2) is 0 Å². The average molecular weight is 282 g/mol. The second kappa shape index (κ2) is 7.91. The van der Waals surface area contributed by atoms with Crippen molar-refractivity contribution in [3.8, 4) is 0 Å². The van der Waals surface area contributed by atoms with Crippen LogP contribution in [-0.2, 0) is 0 Å². The van der Waals surface area contributed by atoms with Crippen LogP contribution in [0.5, 0.6) is 0 Å². The fraction of sp³-hybridized carbons (Fsp3) is 0.647. The molecule has 0 radical (unpaired) electrons. The van der Waals surface area contributed by atoms with Crippen LogP contribution >= 0.6 is 11.6 Å². The first-order chi connectivity index (χ1) is 8.88. The minimum atomic E-state index is 0.0816. The van der Waals surface area contributed by atoms with E-state index in [9.17, 15) is 0 Å². The Morgan fingerprint density at radius 2 is 1.37 bits per heavy atom. The first kappa shape index (κ1) is 16.5. The first-order valence-electron chi connectivity index (χ1n) is 7.31. The lowest BCUT2D eigenvalue weighted by atomic mass is 10.1. The third-order valence-corrected chi connectivity index (χ3v) is 3.49. The van der Waals surface area contributed by atoms with Crippen molar-refractivity contribution in [3.05, 3.63) is 35.4 Å². The summed E-state index contributed by atoms with van der Waals surface area (Å²) in [4.78, 5) is 2.49. The molecular weight excluding hydrogens is 254 g/mol. The fourth-order valence-corrected chi connectivity index (χ4v) is 2.70. The van der Waals surface area contributed by atoms with E-state index in [2.05, 4.69) is 63.8 Å². The van der Waals surface area contributed by atoms with Crippen molar-refractivity contribution in [3.63, 3.8) is 0 Å². The minimum Gasteiger partial charge on any atom is -0.301 e. The largest absolute Gasteiger partial charge is 0.301 e. The summed E-state index contributed by atoms with van der Waals surface area (Å²) in [6.45, 7) is 14.3. The maximum Gasteiger partial charge on any atom is 0.0712 e. The molecule has 1 rings (SSSR count). The highest BCUT2D eigenvalue weighted by Crippen LogP contribution is 2.23. The Morgan fingerprint density at radius 1 is 0.895 bits per heavy atom. The monoisotopic (exact) mass is 281 g/mol. The zero-order valence-corrected chi connectivity index (χ0v) is 13.7. The molecule has 0 heterocycles. The van der Waals surface area contributed by atoms with E-state index in [0.717, 1.165) is 19.6 Å². The molecule has 0 fully saturated rings. The van der Waals surface area contributed by atoms with Crippen LogP contribution in [0.3, 0.4) is 0 Å². The first-order valence-corrected chi connectivity index (χ1v) is 7.75. The standard InChI is InChI=1S/C17H28ClN/c1-13(2)10-19(11-14(3)4)12-17(18)16-8-6-15(5)7-9-16/h6-9,13-14,17H,10-12H2,1-5H3. The third-order valence-electron chi connectivity index (χ3n) is 3.10. The Morgan fingerprint density at radius 3 is 1.79 bits per heavy atom.